The van der Waals surface area contributed by atoms with E-state index < -0.39 is 8.80 Å². The van der Waals surface area contributed by atoms with Crippen LogP contribution in [0.3, 0.4) is 0 Å². The molecule has 0 N–H and O–H groups in total. The fourth-order valence-electron chi connectivity index (χ4n) is 1.72. The van der Waals surface area contributed by atoms with Gasteiger partial charge in [-0.05, 0) is 12.5 Å². The Bertz CT molecular complexity index is 235. The van der Waals surface area contributed by atoms with Crippen molar-refractivity contribution in [3.8, 4) is 0 Å². The lowest BCUT2D eigenvalue weighted by Crippen LogP contribution is -2.61. The first-order valence-corrected chi connectivity index (χ1v) is 6.87. The molecule has 0 heterocycles. The first kappa shape index (κ1) is 15.3. The van der Waals surface area contributed by atoms with E-state index in [1.165, 1.54) is 27.4 Å². The molecule has 0 saturated heterocycles. The quantitative estimate of drug-likeness (QED) is 0.494. The molecule has 0 radical (unpaired) electrons. The molecule has 0 aromatic carbocycles. The maximum atomic E-state index is 11.6. The van der Waals surface area contributed by atoms with Crippen molar-refractivity contribution in [2.45, 2.75) is 19.0 Å². The molecular formula is C10H21NO4Si. The zero-order chi connectivity index (χ0) is 12.8. The van der Waals surface area contributed by atoms with E-state index in [2.05, 4.69) is 6.58 Å². The number of hydrogen-bond donors (Lipinski definition) is 0. The second-order valence-corrected chi connectivity index (χ2v) is 6.39. The van der Waals surface area contributed by atoms with E-state index in [0.717, 1.165) is 0 Å². The number of carbonyl (C=O) groups excluding carboxylic acids is 1. The van der Waals surface area contributed by atoms with Crippen molar-refractivity contribution in [2.24, 2.45) is 0 Å². The minimum absolute atomic E-state index is 0.171. The minimum atomic E-state index is -2.83. The van der Waals surface area contributed by atoms with Gasteiger partial charge < -0.3 is 18.2 Å². The Morgan fingerprint density at radius 3 is 2.06 bits per heavy atom. The van der Waals surface area contributed by atoms with Crippen LogP contribution in [0.25, 0.3) is 0 Å². The average molecular weight is 247 g/mol. The summed E-state index contributed by atoms with van der Waals surface area (Å²) in [5.41, 5.74) is -0.210. The Hall–Kier alpha value is -0.693. The molecule has 0 bridgehead atoms. The van der Waals surface area contributed by atoms with Gasteiger partial charge in [-0.15, -0.1) is 0 Å². The average Bonchev–Trinajstić information content (AvgIpc) is 2.34. The SMILES string of the molecule is C=CC(=O)N(C)C(CC)[Si](OC)(OC)OC. The van der Waals surface area contributed by atoms with Crippen LogP contribution in [-0.4, -0.2) is 53.7 Å². The molecule has 94 valence electrons. The number of rotatable bonds is 7. The van der Waals surface area contributed by atoms with Gasteiger partial charge in [0.25, 0.3) is 0 Å². The third kappa shape index (κ3) is 2.91. The van der Waals surface area contributed by atoms with Crippen molar-refractivity contribution in [2.75, 3.05) is 28.4 Å². The summed E-state index contributed by atoms with van der Waals surface area (Å²) in [7, 11) is 3.47. The molecule has 1 unspecified atom stereocenters. The molecule has 0 rings (SSSR count). The Balaban J connectivity index is 5.07. The molecule has 1 atom stereocenters. The molecule has 0 aromatic rings. The van der Waals surface area contributed by atoms with Gasteiger partial charge in [-0.25, -0.2) is 0 Å². The summed E-state index contributed by atoms with van der Waals surface area (Å²) in [6, 6.07) is 0. The molecule has 0 aromatic heterocycles. The van der Waals surface area contributed by atoms with Crippen molar-refractivity contribution < 1.29 is 18.1 Å². The van der Waals surface area contributed by atoms with Crippen LogP contribution >= 0.6 is 0 Å². The molecule has 0 saturated carbocycles. The van der Waals surface area contributed by atoms with Gasteiger partial charge in [-0.3, -0.25) is 4.79 Å². The predicted molar refractivity (Wildman–Crippen MR) is 63.8 cm³/mol. The normalized spacial score (nSPS) is 13.3. The Morgan fingerprint density at radius 2 is 1.81 bits per heavy atom. The van der Waals surface area contributed by atoms with Crippen molar-refractivity contribution >= 4 is 14.7 Å². The number of nitrogens with zero attached hydrogens (tertiary/aromatic N) is 1. The summed E-state index contributed by atoms with van der Waals surface area (Å²) in [5.74, 6) is -0.171. The molecule has 5 nitrogen and oxygen atoms in total. The molecule has 0 fully saturated rings. The Labute approximate surface area is 98.3 Å². The van der Waals surface area contributed by atoms with Gasteiger partial charge in [0.05, 0.1) is 0 Å². The zero-order valence-corrected chi connectivity index (χ0v) is 11.6. The number of likely N-dealkylation sites (N-methyl/N-ethyl adjacent to an activating group) is 1. The van der Waals surface area contributed by atoms with E-state index in [4.69, 9.17) is 13.3 Å². The van der Waals surface area contributed by atoms with Crippen LogP contribution in [-0.2, 0) is 18.1 Å². The minimum Gasteiger partial charge on any atom is -0.376 e. The Kier molecular flexibility index (Phi) is 6.50. The van der Waals surface area contributed by atoms with Crippen molar-refractivity contribution in [3.05, 3.63) is 12.7 Å². The van der Waals surface area contributed by atoms with Crippen LogP contribution in [0.2, 0.25) is 0 Å². The monoisotopic (exact) mass is 247 g/mol. The summed E-state index contributed by atoms with van der Waals surface area (Å²) in [4.78, 5) is 13.1. The molecule has 0 aliphatic rings. The highest BCUT2D eigenvalue weighted by Gasteiger charge is 2.49. The highest BCUT2D eigenvalue weighted by Crippen LogP contribution is 2.19. The van der Waals surface area contributed by atoms with Crippen molar-refractivity contribution in [3.63, 3.8) is 0 Å². The standard InChI is InChI=1S/C10H21NO4Si/c1-7-9(12)11(3)10(8-2)16(13-4,14-5)15-6/h7,10H,1,8H2,2-6H3. The van der Waals surface area contributed by atoms with Crippen LogP contribution < -0.4 is 0 Å². The Morgan fingerprint density at radius 1 is 1.38 bits per heavy atom. The van der Waals surface area contributed by atoms with Gasteiger partial charge in [-0.2, -0.15) is 0 Å². The lowest BCUT2D eigenvalue weighted by molar-refractivity contribution is -0.126. The largest absolute Gasteiger partial charge is 0.523 e. The third-order valence-corrected chi connectivity index (χ3v) is 5.96. The summed E-state index contributed by atoms with van der Waals surface area (Å²) in [6.07, 6.45) is 1.96. The van der Waals surface area contributed by atoms with Gasteiger partial charge in [0.1, 0.15) is 5.67 Å². The maximum Gasteiger partial charge on any atom is 0.523 e. The first-order chi connectivity index (χ1) is 7.52. The lowest BCUT2D eigenvalue weighted by Gasteiger charge is -2.36. The van der Waals surface area contributed by atoms with Gasteiger partial charge in [-0.1, -0.05) is 13.5 Å². The summed E-state index contributed by atoms with van der Waals surface area (Å²) < 4.78 is 16.1. The molecule has 0 aliphatic carbocycles. The number of amides is 1. The van der Waals surface area contributed by atoms with Crippen molar-refractivity contribution in [1.29, 1.82) is 0 Å². The fourth-order valence-corrected chi connectivity index (χ4v) is 4.13. The van der Waals surface area contributed by atoms with Crippen molar-refractivity contribution in [1.82, 2.24) is 4.90 Å². The van der Waals surface area contributed by atoms with E-state index >= 15 is 0 Å². The second kappa shape index (κ2) is 6.80. The highest BCUT2D eigenvalue weighted by molar-refractivity contribution is 6.62. The smallest absolute Gasteiger partial charge is 0.376 e. The molecule has 0 aliphatic heterocycles. The summed E-state index contributed by atoms with van der Waals surface area (Å²) in [6.45, 7) is 5.41. The van der Waals surface area contributed by atoms with Gasteiger partial charge in [0, 0.05) is 28.4 Å². The first-order valence-electron chi connectivity index (χ1n) is 5.07. The molecule has 6 heteroatoms. The van der Waals surface area contributed by atoms with Gasteiger partial charge in [0.2, 0.25) is 5.91 Å². The summed E-state index contributed by atoms with van der Waals surface area (Å²) >= 11 is 0. The van der Waals surface area contributed by atoms with Gasteiger partial charge >= 0.3 is 8.80 Å². The van der Waals surface area contributed by atoms with Crippen LogP contribution in [0.1, 0.15) is 13.3 Å². The van der Waals surface area contributed by atoms with E-state index in [9.17, 15) is 4.79 Å². The van der Waals surface area contributed by atoms with Crippen LogP contribution in [0, 0.1) is 0 Å². The van der Waals surface area contributed by atoms with Crippen LogP contribution in [0.5, 0.6) is 0 Å². The van der Waals surface area contributed by atoms with E-state index in [1.807, 2.05) is 6.92 Å². The molecule has 1 amide bonds. The zero-order valence-electron chi connectivity index (χ0n) is 10.6. The number of hydrogen-bond acceptors (Lipinski definition) is 4. The van der Waals surface area contributed by atoms with Crippen LogP contribution in [0.15, 0.2) is 12.7 Å². The topological polar surface area (TPSA) is 48.0 Å². The molecule has 0 spiro atoms. The highest BCUT2D eigenvalue weighted by atomic mass is 28.4. The van der Waals surface area contributed by atoms with Gasteiger partial charge in [0.15, 0.2) is 0 Å². The third-order valence-electron chi connectivity index (χ3n) is 2.64. The molecular weight excluding hydrogens is 226 g/mol. The second-order valence-electron chi connectivity index (χ2n) is 3.29. The predicted octanol–water partition coefficient (Wildman–Crippen LogP) is 0.827. The fraction of sp³-hybridized carbons (Fsp3) is 0.700. The maximum absolute atomic E-state index is 11.6. The molecule has 16 heavy (non-hydrogen) atoms. The van der Waals surface area contributed by atoms with E-state index in [0.29, 0.717) is 6.42 Å². The van der Waals surface area contributed by atoms with E-state index in [1.54, 1.807) is 11.9 Å². The van der Waals surface area contributed by atoms with E-state index in [-0.39, 0.29) is 11.6 Å². The van der Waals surface area contributed by atoms with Crippen LogP contribution in [0.4, 0.5) is 0 Å². The lowest BCUT2D eigenvalue weighted by atomic mass is 10.4. The summed E-state index contributed by atoms with van der Waals surface area (Å²) in [5, 5.41) is 0. The number of carbonyl (C=O) groups is 1.